The lowest BCUT2D eigenvalue weighted by Gasteiger charge is -2.46. The smallest absolute Gasteiger partial charge is 0.339 e. The summed E-state index contributed by atoms with van der Waals surface area (Å²) in [5, 5.41) is 19.8. The summed E-state index contributed by atoms with van der Waals surface area (Å²) in [6.45, 7) is 2.16. The fraction of sp³-hybridized carbons (Fsp3) is 0.588. The molecule has 4 nitrogen and oxygen atoms in total. The van der Waals surface area contributed by atoms with Gasteiger partial charge in [-0.3, -0.25) is 0 Å². The maximum atomic E-state index is 12.1. The number of fused-ring (bicyclic) bond motifs is 3. The number of benzene rings is 1. The van der Waals surface area contributed by atoms with Gasteiger partial charge in [0.1, 0.15) is 11.4 Å². The number of aromatic hydroxyl groups is 1. The van der Waals surface area contributed by atoms with Crippen LogP contribution in [0.4, 0.5) is 0 Å². The Kier molecular flexibility index (Phi) is 2.51. The zero-order valence-electron chi connectivity index (χ0n) is 12.1. The molecule has 112 valence electrons. The number of carbonyl (C=O) groups is 1. The van der Waals surface area contributed by atoms with Crippen LogP contribution in [0.3, 0.4) is 0 Å². The van der Waals surface area contributed by atoms with Crippen LogP contribution in [0.25, 0.3) is 0 Å². The fourth-order valence-corrected chi connectivity index (χ4v) is 4.69. The van der Waals surface area contributed by atoms with Gasteiger partial charge in [-0.05, 0) is 55.6 Å². The van der Waals surface area contributed by atoms with Gasteiger partial charge in [0.05, 0.1) is 11.7 Å². The van der Waals surface area contributed by atoms with Crippen LogP contribution < -0.4 is 0 Å². The number of hydrogen-bond donors (Lipinski definition) is 2. The zero-order chi connectivity index (χ0) is 14.8. The van der Waals surface area contributed by atoms with Crippen molar-refractivity contribution >= 4 is 5.97 Å². The quantitative estimate of drug-likeness (QED) is 0.720. The van der Waals surface area contributed by atoms with E-state index in [1.54, 1.807) is 6.07 Å². The topological polar surface area (TPSA) is 66.8 Å². The third-order valence-corrected chi connectivity index (χ3v) is 6.13. The van der Waals surface area contributed by atoms with E-state index in [-0.39, 0.29) is 23.2 Å². The number of esters is 1. The van der Waals surface area contributed by atoms with Crippen molar-refractivity contribution in [2.75, 3.05) is 0 Å². The van der Waals surface area contributed by atoms with Crippen molar-refractivity contribution in [1.29, 1.82) is 0 Å². The highest BCUT2D eigenvalue weighted by atomic mass is 16.6. The van der Waals surface area contributed by atoms with Gasteiger partial charge in [-0.1, -0.05) is 13.0 Å². The molecule has 1 aromatic rings. The molecule has 2 N–H and O–H groups in total. The lowest BCUT2D eigenvalue weighted by molar-refractivity contribution is -0.0879. The number of hydrogen-bond acceptors (Lipinski definition) is 4. The summed E-state index contributed by atoms with van der Waals surface area (Å²) >= 11 is 0. The number of phenols is 1. The van der Waals surface area contributed by atoms with Crippen molar-refractivity contribution in [3.63, 3.8) is 0 Å². The highest BCUT2D eigenvalue weighted by Crippen LogP contribution is 2.59. The number of aliphatic hydroxyl groups excluding tert-OH is 1. The van der Waals surface area contributed by atoms with Crippen LogP contribution in [0, 0.1) is 11.3 Å². The number of aliphatic hydroxyl groups is 1. The van der Waals surface area contributed by atoms with Crippen LogP contribution in [-0.4, -0.2) is 22.3 Å². The SMILES string of the molecule is C[C@]12CCC3(CC1CC[C@@H]2O)OC(=O)c1cc(O)ccc13. The fourth-order valence-electron chi connectivity index (χ4n) is 4.69. The van der Waals surface area contributed by atoms with E-state index in [9.17, 15) is 15.0 Å². The van der Waals surface area contributed by atoms with Crippen molar-refractivity contribution in [2.24, 2.45) is 11.3 Å². The molecule has 0 radical (unpaired) electrons. The maximum absolute atomic E-state index is 12.1. The van der Waals surface area contributed by atoms with E-state index in [1.807, 2.05) is 6.07 Å². The first-order chi connectivity index (χ1) is 9.94. The van der Waals surface area contributed by atoms with Crippen molar-refractivity contribution in [1.82, 2.24) is 0 Å². The van der Waals surface area contributed by atoms with Crippen LogP contribution in [0.1, 0.15) is 54.9 Å². The van der Waals surface area contributed by atoms with Gasteiger partial charge < -0.3 is 14.9 Å². The molecule has 2 saturated carbocycles. The number of ether oxygens (including phenoxy) is 1. The Morgan fingerprint density at radius 3 is 2.90 bits per heavy atom. The molecular formula is C17H20O4. The molecule has 21 heavy (non-hydrogen) atoms. The van der Waals surface area contributed by atoms with Crippen LogP contribution in [0.5, 0.6) is 5.75 Å². The van der Waals surface area contributed by atoms with Crippen LogP contribution in [-0.2, 0) is 10.3 Å². The van der Waals surface area contributed by atoms with Gasteiger partial charge in [0.25, 0.3) is 0 Å². The number of carbonyl (C=O) groups excluding carboxylic acids is 1. The van der Waals surface area contributed by atoms with Gasteiger partial charge in [-0.15, -0.1) is 0 Å². The Balaban J connectivity index is 1.74. The van der Waals surface area contributed by atoms with Crippen molar-refractivity contribution in [3.8, 4) is 5.75 Å². The average Bonchev–Trinajstić information content (AvgIpc) is 2.88. The molecule has 1 spiro atoms. The molecule has 1 aromatic carbocycles. The highest BCUT2D eigenvalue weighted by Gasteiger charge is 2.57. The molecule has 3 aliphatic rings. The average molecular weight is 288 g/mol. The normalized spacial score (nSPS) is 41.0. The van der Waals surface area contributed by atoms with Crippen molar-refractivity contribution in [2.45, 2.75) is 50.7 Å². The maximum Gasteiger partial charge on any atom is 0.339 e. The monoisotopic (exact) mass is 288 g/mol. The molecule has 2 fully saturated rings. The van der Waals surface area contributed by atoms with Gasteiger partial charge in [0.15, 0.2) is 0 Å². The minimum Gasteiger partial charge on any atom is -0.508 e. The largest absolute Gasteiger partial charge is 0.508 e. The van der Waals surface area contributed by atoms with E-state index >= 15 is 0 Å². The standard InChI is InChI=1S/C17H20O4/c1-16-6-7-17(9-10(16)2-5-14(16)19)13-4-3-11(18)8-12(13)15(20)21-17/h3-4,8,10,14,18-19H,2,5-7,9H2,1H3/t10?,14-,16-,17?/m0/s1. The van der Waals surface area contributed by atoms with Gasteiger partial charge in [-0.25, -0.2) is 4.79 Å². The van der Waals surface area contributed by atoms with E-state index < -0.39 is 5.60 Å². The van der Waals surface area contributed by atoms with E-state index in [0.717, 1.165) is 37.7 Å². The Morgan fingerprint density at radius 2 is 2.10 bits per heavy atom. The lowest BCUT2D eigenvalue weighted by atomic mass is 9.62. The Morgan fingerprint density at radius 1 is 1.29 bits per heavy atom. The number of rotatable bonds is 0. The van der Waals surface area contributed by atoms with Crippen molar-refractivity contribution in [3.05, 3.63) is 29.3 Å². The molecule has 2 aliphatic carbocycles. The Hall–Kier alpha value is -1.55. The third-order valence-electron chi connectivity index (χ3n) is 6.13. The van der Waals surface area contributed by atoms with Crippen LogP contribution in [0.15, 0.2) is 18.2 Å². The second kappa shape index (κ2) is 4.01. The zero-order valence-corrected chi connectivity index (χ0v) is 12.1. The molecule has 2 unspecified atom stereocenters. The van der Waals surface area contributed by atoms with Gasteiger partial charge in [0, 0.05) is 5.56 Å². The van der Waals surface area contributed by atoms with Crippen LogP contribution >= 0.6 is 0 Å². The summed E-state index contributed by atoms with van der Waals surface area (Å²) in [6, 6.07) is 4.95. The minimum atomic E-state index is -0.547. The Labute approximate surface area is 123 Å². The third kappa shape index (κ3) is 1.62. The first-order valence-corrected chi connectivity index (χ1v) is 7.69. The summed E-state index contributed by atoms with van der Waals surface area (Å²) in [6.07, 6.45) is 3.99. The van der Waals surface area contributed by atoms with Crippen molar-refractivity contribution < 1.29 is 19.7 Å². The second-order valence-electron chi connectivity index (χ2n) is 7.11. The first kappa shape index (κ1) is 13.1. The molecule has 1 heterocycles. The summed E-state index contributed by atoms with van der Waals surface area (Å²) in [4.78, 5) is 12.1. The second-order valence-corrected chi connectivity index (χ2v) is 7.11. The predicted molar refractivity (Wildman–Crippen MR) is 75.9 cm³/mol. The van der Waals surface area contributed by atoms with Gasteiger partial charge >= 0.3 is 5.97 Å². The molecule has 0 amide bonds. The molecule has 4 atom stereocenters. The van der Waals surface area contributed by atoms with E-state index in [0.29, 0.717) is 11.5 Å². The minimum absolute atomic E-state index is 0.0443. The molecule has 0 saturated heterocycles. The molecule has 0 bridgehead atoms. The van der Waals surface area contributed by atoms with E-state index in [1.165, 1.54) is 6.07 Å². The summed E-state index contributed by atoms with van der Waals surface area (Å²) in [5.74, 6) is 0.150. The highest BCUT2D eigenvalue weighted by molar-refractivity contribution is 5.95. The lowest BCUT2D eigenvalue weighted by Crippen LogP contribution is -2.44. The molecule has 4 heteroatoms. The summed E-state index contributed by atoms with van der Waals surface area (Å²) in [7, 11) is 0. The predicted octanol–water partition coefficient (Wildman–Crippen LogP) is 2.72. The molecule has 4 rings (SSSR count). The van der Waals surface area contributed by atoms with Crippen LogP contribution in [0.2, 0.25) is 0 Å². The first-order valence-electron chi connectivity index (χ1n) is 7.69. The van der Waals surface area contributed by atoms with Gasteiger partial charge in [-0.2, -0.15) is 0 Å². The summed E-state index contributed by atoms with van der Waals surface area (Å²) < 4.78 is 5.77. The molecule has 1 aliphatic heterocycles. The Bertz CT molecular complexity index is 625. The molecular weight excluding hydrogens is 268 g/mol. The van der Waals surface area contributed by atoms with E-state index in [2.05, 4.69) is 6.92 Å². The van der Waals surface area contributed by atoms with Gasteiger partial charge in [0.2, 0.25) is 0 Å². The summed E-state index contributed by atoms with van der Waals surface area (Å²) in [5.41, 5.74) is 0.817. The molecule has 0 aromatic heterocycles. The van der Waals surface area contributed by atoms with E-state index in [4.69, 9.17) is 4.74 Å². The number of phenolic OH excluding ortho intramolecular Hbond substituents is 1.